The summed E-state index contributed by atoms with van der Waals surface area (Å²) in [6, 6.07) is 13.5. The van der Waals surface area contributed by atoms with Crippen LogP contribution in [0.25, 0.3) is 0 Å². The van der Waals surface area contributed by atoms with Crippen molar-refractivity contribution < 1.29 is 13.9 Å². The Labute approximate surface area is 122 Å². The number of nitrogens with one attached hydrogen (secondary N) is 1. The van der Waals surface area contributed by atoms with Crippen molar-refractivity contribution in [3.05, 3.63) is 65.5 Å². The summed E-state index contributed by atoms with van der Waals surface area (Å²) >= 11 is 0. The summed E-state index contributed by atoms with van der Waals surface area (Å²) < 4.78 is 18.5. The van der Waals surface area contributed by atoms with E-state index in [4.69, 9.17) is 4.74 Å². The van der Waals surface area contributed by atoms with E-state index in [-0.39, 0.29) is 17.6 Å². The van der Waals surface area contributed by atoms with Crippen LogP contribution in [0.4, 0.5) is 4.39 Å². The van der Waals surface area contributed by atoms with Crippen LogP contribution in [0.5, 0.6) is 5.75 Å². The van der Waals surface area contributed by atoms with Crippen molar-refractivity contribution in [1.82, 2.24) is 5.32 Å². The third-order valence-electron chi connectivity index (χ3n) is 3.70. The van der Waals surface area contributed by atoms with Gasteiger partial charge in [0.25, 0.3) is 5.91 Å². The Bertz CT molecular complexity index is 639. The summed E-state index contributed by atoms with van der Waals surface area (Å²) in [5.41, 5.74) is 1.60. The summed E-state index contributed by atoms with van der Waals surface area (Å²) in [7, 11) is 0. The highest BCUT2D eigenvalue weighted by molar-refractivity contribution is 5.94. The molecule has 2 aromatic carbocycles. The molecular weight excluding hydrogens is 269 g/mol. The number of ether oxygens (including phenoxy) is 1. The molecule has 0 aliphatic carbocycles. The number of amides is 1. The summed E-state index contributed by atoms with van der Waals surface area (Å²) in [6.45, 7) is 1.21. The molecule has 0 radical (unpaired) electrons. The average molecular weight is 285 g/mol. The predicted octanol–water partition coefficient (Wildman–Crippen LogP) is 3.12. The monoisotopic (exact) mass is 285 g/mol. The van der Waals surface area contributed by atoms with Crippen molar-refractivity contribution in [3.63, 3.8) is 0 Å². The molecule has 1 N–H and O–H groups in total. The Kier molecular flexibility index (Phi) is 3.86. The van der Waals surface area contributed by atoms with Crippen LogP contribution in [-0.4, -0.2) is 19.1 Å². The molecular formula is C17H16FNO2. The zero-order chi connectivity index (χ0) is 14.7. The van der Waals surface area contributed by atoms with Crippen LogP contribution < -0.4 is 10.1 Å². The second kappa shape index (κ2) is 5.95. The Hall–Kier alpha value is -2.36. The van der Waals surface area contributed by atoms with Gasteiger partial charge >= 0.3 is 0 Å². The summed E-state index contributed by atoms with van der Waals surface area (Å²) in [5, 5.41) is 2.91. The third-order valence-corrected chi connectivity index (χ3v) is 3.70. The van der Waals surface area contributed by atoms with E-state index < -0.39 is 0 Å². The third kappa shape index (κ3) is 3.05. The van der Waals surface area contributed by atoms with Gasteiger partial charge in [-0.05, 0) is 42.3 Å². The van der Waals surface area contributed by atoms with E-state index in [0.29, 0.717) is 18.7 Å². The molecule has 108 valence electrons. The first-order valence-corrected chi connectivity index (χ1v) is 6.99. The number of fused-ring (bicyclic) bond motifs is 1. The Morgan fingerprint density at radius 3 is 2.76 bits per heavy atom. The molecule has 3 nitrogen and oxygen atoms in total. The zero-order valence-corrected chi connectivity index (χ0v) is 11.5. The highest BCUT2D eigenvalue weighted by Crippen LogP contribution is 2.32. The molecule has 0 bridgehead atoms. The SMILES string of the molecule is O=C(NCC1CCOc2ccccc21)c1ccc(F)cc1. The van der Waals surface area contributed by atoms with E-state index >= 15 is 0 Å². The second-order valence-electron chi connectivity index (χ2n) is 5.09. The average Bonchev–Trinajstić information content (AvgIpc) is 2.53. The van der Waals surface area contributed by atoms with Gasteiger partial charge < -0.3 is 10.1 Å². The van der Waals surface area contributed by atoms with Crippen molar-refractivity contribution >= 4 is 5.91 Å². The number of benzene rings is 2. The molecule has 21 heavy (non-hydrogen) atoms. The molecule has 4 heteroatoms. The van der Waals surface area contributed by atoms with Crippen LogP contribution in [0.15, 0.2) is 48.5 Å². The predicted molar refractivity (Wildman–Crippen MR) is 78.0 cm³/mol. The van der Waals surface area contributed by atoms with E-state index in [1.165, 1.54) is 24.3 Å². The highest BCUT2D eigenvalue weighted by atomic mass is 19.1. The lowest BCUT2D eigenvalue weighted by molar-refractivity contribution is 0.0948. The van der Waals surface area contributed by atoms with Gasteiger partial charge in [0, 0.05) is 18.0 Å². The molecule has 1 aliphatic rings. The molecule has 0 aromatic heterocycles. The lowest BCUT2D eigenvalue weighted by atomic mass is 9.93. The smallest absolute Gasteiger partial charge is 0.251 e. The van der Waals surface area contributed by atoms with Gasteiger partial charge in [0.2, 0.25) is 0 Å². The first kappa shape index (κ1) is 13.6. The number of hydrogen-bond donors (Lipinski definition) is 1. The minimum Gasteiger partial charge on any atom is -0.493 e. The van der Waals surface area contributed by atoms with Crippen molar-refractivity contribution in [2.45, 2.75) is 12.3 Å². The quantitative estimate of drug-likeness (QED) is 0.941. The molecule has 0 saturated heterocycles. The second-order valence-corrected chi connectivity index (χ2v) is 5.09. The van der Waals surface area contributed by atoms with E-state index in [9.17, 15) is 9.18 Å². The molecule has 1 aliphatic heterocycles. The molecule has 0 spiro atoms. The first-order chi connectivity index (χ1) is 10.2. The van der Waals surface area contributed by atoms with Gasteiger partial charge in [-0.1, -0.05) is 18.2 Å². The normalized spacial score (nSPS) is 16.7. The topological polar surface area (TPSA) is 38.3 Å². The maximum absolute atomic E-state index is 12.8. The summed E-state index contributed by atoms with van der Waals surface area (Å²) in [5.74, 6) is 0.619. The zero-order valence-electron chi connectivity index (χ0n) is 11.5. The molecule has 1 unspecified atom stereocenters. The van der Waals surface area contributed by atoms with Crippen LogP contribution in [0.1, 0.15) is 28.3 Å². The number of hydrogen-bond acceptors (Lipinski definition) is 2. The molecule has 0 fully saturated rings. The van der Waals surface area contributed by atoms with E-state index in [2.05, 4.69) is 5.32 Å². The fourth-order valence-electron chi connectivity index (χ4n) is 2.55. The van der Waals surface area contributed by atoms with Gasteiger partial charge in [-0.25, -0.2) is 4.39 Å². The van der Waals surface area contributed by atoms with Crippen molar-refractivity contribution in [2.24, 2.45) is 0 Å². The van der Waals surface area contributed by atoms with Gasteiger partial charge in [-0.15, -0.1) is 0 Å². The van der Waals surface area contributed by atoms with Crippen LogP contribution in [0.3, 0.4) is 0 Å². The van der Waals surface area contributed by atoms with Gasteiger partial charge in [-0.3, -0.25) is 4.79 Å². The van der Waals surface area contributed by atoms with Crippen LogP contribution in [0, 0.1) is 5.82 Å². The maximum Gasteiger partial charge on any atom is 0.251 e. The minimum absolute atomic E-state index is 0.182. The van der Waals surface area contributed by atoms with Gasteiger partial charge in [-0.2, -0.15) is 0 Å². The molecule has 2 aromatic rings. The van der Waals surface area contributed by atoms with Crippen molar-refractivity contribution in [2.75, 3.05) is 13.2 Å². The number of carbonyl (C=O) groups excluding carboxylic acids is 1. The highest BCUT2D eigenvalue weighted by Gasteiger charge is 2.21. The number of halogens is 1. The Morgan fingerprint density at radius 1 is 1.19 bits per heavy atom. The fraction of sp³-hybridized carbons (Fsp3) is 0.235. The van der Waals surface area contributed by atoms with Crippen molar-refractivity contribution in [1.29, 1.82) is 0 Å². The standard InChI is InChI=1S/C17H16FNO2/c18-14-7-5-12(6-8-14)17(20)19-11-13-9-10-21-16-4-2-1-3-15(13)16/h1-8,13H,9-11H2,(H,19,20). The number of para-hydroxylation sites is 1. The largest absolute Gasteiger partial charge is 0.493 e. The molecule has 0 saturated carbocycles. The lowest BCUT2D eigenvalue weighted by Crippen LogP contribution is -2.30. The molecule has 1 amide bonds. The number of carbonyl (C=O) groups is 1. The Morgan fingerprint density at radius 2 is 1.95 bits per heavy atom. The molecule has 1 atom stereocenters. The van der Waals surface area contributed by atoms with Gasteiger partial charge in [0.1, 0.15) is 11.6 Å². The summed E-state index contributed by atoms with van der Waals surface area (Å²) in [6.07, 6.45) is 0.876. The number of rotatable bonds is 3. The molecule has 3 rings (SSSR count). The van der Waals surface area contributed by atoms with Gasteiger partial charge in [0.15, 0.2) is 0 Å². The summed E-state index contributed by atoms with van der Waals surface area (Å²) in [4.78, 5) is 12.0. The molecule has 1 heterocycles. The maximum atomic E-state index is 12.8. The van der Waals surface area contributed by atoms with Gasteiger partial charge in [0.05, 0.1) is 6.61 Å². The van der Waals surface area contributed by atoms with Crippen molar-refractivity contribution in [3.8, 4) is 5.75 Å². The van der Waals surface area contributed by atoms with Crippen LogP contribution >= 0.6 is 0 Å². The minimum atomic E-state index is -0.343. The van der Waals surface area contributed by atoms with Crippen LogP contribution in [0.2, 0.25) is 0 Å². The lowest BCUT2D eigenvalue weighted by Gasteiger charge is -2.26. The Balaban J connectivity index is 1.66. The van der Waals surface area contributed by atoms with Crippen LogP contribution in [-0.2, 0) is 0 Å². The van der Waals surface area contributed by atoms with E-state index in [1.807, 2.05) is 24.3 Å². The fourth-order valence-corrected chi connectivity index (χ4v) is 2.55. The van der Waals surface area contributed by atoms with E-state index in [1.54, 1.807) is 0 Å². The van der Waals surface area contributed by atoms with E-state index in [0.717, 1.165) is 17.7 Å². The first-order valence-electron chi connectivity index (χ1n) is 6.99.